The number of halogens is 3. The number of pyridine rings is 1. The molecular formula is C26H25ClF2N4O3S. The van der Waals surface area contributed by atoms with Gasteiger partial charge in [0.2, 0.25) is 5.60 Å². The van der Waals surface area contributed by atoms with Gasteiger partial charge in [0, 0.05) is 35.4 Å². The minimum Gasteiger partial charge on any atom is -0.370 e. The summed E-state index contributed by atoms with van der Waals surface area (Å²) in [4.78, 5) is 35.9. The number of fused-ring (bicyclic) bond motifs is 1. The van der Waals surface area contributed by atoms with Crippen molar-refractivity contribution in [3.8, 4) is 0 Å². The van der Waals surface area contributed by atoms with Gasteiger partial charge in [0.05, 0.1) is 16.3 Å². The number of carbonyl (C=O) groups is 2. The summed E-state index contributed by atoms with van der Waals surface area (Å²) in [7, 11) is 0. The average molecular weight is 547 g/mol. The molecule has 1 aliphatic heterocycles. The van der Waals surface area contributed by atoms with E-state index in [1.54, 1.807) is 17.0 Å². The number of thiazole rings is 1. The Morgan fingerprint density at radius 2 is 2.03 bits per heavy atom. The highest BCUT2D eigenvalue weighted by atomic mass is 35.5. The Morgan fingerprint density at radius 3 is 2.70 bits per heavy atom. The lowest BCUT2D eigenvalue weighted by Gasteiger charge is -2.32. The van der Waals surface area contributed by atoms with E-state index >= 15 is 0 Å². The first-order valence-corrected chi connectivity index (χ1v) is 13.2. The van der Waals surface area contributed by atoms with Crippen molar-refractivity contribution in [3.63, 3.8) is 0 Å². The third kappa shape index (κ3) is 4.73. The van der Waals surface area contributed by atoms with Crippen molar-refractivity contribution in [2.45, 2.75) is 50.7 Å². The Balaban J connectivity index is 1.26. The van der Waals surface area contributed by atoms with Gasteiger partial charge in [0.1, 0.15) is 10.7 Å². The van der Waals surface area contributed by atoms with Crippen molar-refractivity contribution in [1.29, 1.82) is 0 Å². The molecule has 37 heavy (non-hydrogen) atoms. The van der Waals surface area contributed by atoms with E-state index in [1.807, 2.05) is 24.4 Å². The molecule has 11 heteroatoms. The van der Waals surface area contributed by atoms with Gasteiger partial charge in [0.25, 0.3) is 18.2 Å². The summed E-state index contributed by atoms with van der Waals surface area (Å²) in [5, 5.41) is 16.7. The predicted molar refractivity (Wildman–Crippen MR) is 136 cm³/mol. The van der Waals surface area contributed by atoms with Crippen molar-refractivity contribution in [3.05, 3.63) is 74.5 Å². The van der Waals surface area contributed by atoms with Crippen LogP contribution in [0.4, 0.5) is 14.5 Å². The molecule has 1 fully saturated rings. The van der Waals surface area contributed by atoms with Crippen LogP contribution in [0.25, 0.3) is 0 Å². The van der Waals surface area contributed by atoms with Crippen molar-refractivity contribution in [2.75, 3.05) is 11.4 Å². The second-order valence-corrected chi connectivity index (χ2v) is 10.8. The molecule has 1 aliphatic carbocycles. The van der Waals surface area contributed by atoms with Crippen molar-refractivity contribution in [2.24, 2.45) is 5.92 Å². The molecule has 1 aromatic carbocycles. The highest BCUT2D eigenvalue weighted by Crippen LogP contribution is 2.46. The lowest BCUT2D eigenvalue weighted by Crippen LogP contribution is -2.44. The van der Waals surface area contributed by atoms with Crippen LogP contribution in [0, 0.1) is 12.8 Å². The van der Waals surface area contributed by atoms with Crippen molar-refractivity contribution in [1.82, 2.24) is 15.3 Å². The quantitative estimate of drug-likeness (QED) is 0.453. The van der Waals surface area contributed by atoms with E-state index in [0.717, 1.165) is 24.7 Å². The van der Waals surface area contributed by atoms with Crippen LogP contribution in [0.15, 0.2) is 41.9 Å². The van der Waals surface area contributed by atoms with Crippen LogP contribution in [-0.2, 0) is 10.4 Å². The Bertz CT molecular complexity index is 1340. The molecule has 2 aliphatic rings. The lowest BCUT2D eigenvalue weighted by molar-refractivity contribution is -0.132. The first-order chi connectivity index (χ1) is 17.7. The number of hydrogen-bond donors (Lipinski definition) is 2. The zero-order valence-corrected chi connectivity index (χ0v) is 21.5. The summed E-state index contributed by atoms with van der Waals surface area (Å²) in [6, 6.07) is 8.24. The Kier molecular flexibility index (Phi) is 6.99. The third-order valence-electron chi connectivity index (χ3n) is 7.03. The van der Waals surface area contributed by atoms with Crippen LogP contribution in [-0.4, -0.2) is 39.5 Å². The summed E-state index contributed by atoms with van der Waals surface area (Å²) >= 11 is 7.14. The van der Waals surface area contributed by atoms with Crippen LogP contribution in [0.3, 0.4) is 0 Å². The van der Waals surface area contributed by atoms with E-state index in [4.69, 9.17) is 11.6 Å². The van der Waals surface area contributed by atoms with E-state index in [-0.39, 0.29) is 22.5 Å². The van der Waals surface area contributed by atoms with Gasteiger partial charge >= 0.3 is 0 Å². The SMILES string of the molecule is Cc1csc(C2(O)C(=O)N(C[C@H]3CC[C@H](NC(=O)c4cc(Cl)cnc4C(F)F)CC3)c3ccccc32)n1. The number of hydrogen-bond acceptors (Lipinski definition) is 6. The third-order valence-corrected chi connectivity index (χ3v) is 8.30. The summed E-state index contributed by atoms with van der Waals surface area (Å²) < 4.78 is 26.6. The topological polar surface area (TPSA) is 95.4 Å². The molecule has 3 heterocycles. The second kappa shape index (κ2) is 10.1. The number of aryl methyl sites for hydroxylation is 1. The standard InChI is InChI=1S/C26H25ClF2N4O3S/c1-14-13-37-24(31-14)26(36)19-4-2-3-5-20(19)33(25(26)35)12-15-6-8-17(9-7-15)32-23(34)18-10-16(27)11-30-21(18)22(28)29/h2-5,10-11,13,15,17,22,36H,6-9,12H2,1H3,(H,32,34)/t15-,17-,26?. The largest absolute Gasteiger partial charge is 0.370 e. The fraction of sp³-hybridized carbons (Fsp3) is 0.385. The summed E-state index contributed by atoms with van der Waals surface area (Å²) in [5.74, 6) is -0.886. The number of alkyl halides is 2. The van der Waals surface area contributed by atoms with Crippen LogP contribution in [0.2, 0.25) is 5.02 Å². The number of amides is 2. The van der Waals surface area contributed by atoms with Gasteiger partial charge in [0.15, 0.2) is 0 Å². The maximum atomic E-state index is 13.6. The molecule has 3 aromatic rings. The van der Waals surface area contributed by atoms with Crippen LogP contribution < -0.4 is 10.2 Å². The highest BCUT2D eigenvalue weighted by molar-refractivity contribution is 7.10. The Labute approximate surface area is 221 Å². The lowest BCUT2D eigenvalue weighted by atomic mass is 9.85. The van der Waals surface area contributed by atoms with Gasteiger partial charge in [-0.1, -0.05) is 29.8 Å². The number of nitrogens with one attached hydrogen (secondary N) is 1. The number of aliphatic hydroxyl groups is 1. The normalized spacial score (nSPS) is 23.4. The van der Waals surface area contributed by atoms with Gasteiger partial charge in [-0.25, -0.2) is 13.8 Å². The Hall–Kier alpha value is -2.95. The molecule has 5 rings (SSSR count). The minimum atomic E-state index is -2.89. The molecule has 2 N–H and O–H groups in total. The second-order valence-electron chi connectivity index (χ2n) is 9.52. The molecule has 0 spiro atoms. The first kappa shape index (κ1) is 25.7. The van der Waals surface area contributed by atoms with E-state index < -0.39 is 29.5 Å². The van der Waals surface area contributed by atoms with Crippen LogP contribution >= 0.6 is 22.9 Å². The molecule has 0 bridgehead atoms. The fourth-order valence-electron chi connectivity index (χ4n) is 5.16. The molecule has 0 saturated heterocycles. The molecule has 2 amide bonds. The van der Waals surface area contributed by atoms with Gasteiger partial charge in [-0.05, 0) is 50.7 Å². The number of anilines is 1. The number of benzene rings is 1. The molecule has 2 aromatic heterocycles. The molecule has 194 valence electrons. The molecule has 1 saturated carbocycles. The fourth-order valence-corrected chi connectivity index (χ4v) is 6.22. The monoisotopic (exact) mass is 546 g/mol. The van der Waals surface area contributed by atoms with Gasteiger partial charge < -0.3 is 15.3 Å². The number of carbonyl (C=O) groups excluding carboxylic acids is 2. The average Bonchev–Trinajstić information content (AvgIpc) is 3.41. The van der Waals surface area contributed by atoms with E-state index in [1.165, 1.54) is 17.4 Å². The van der Waals surface area contributed by atoms with Crippen molar-refractivity contribution >= 4 is 40.4 Å². The van der Waals surface area contributed by atoms with Crippen LogP contribution in [0.5, 0.6) is 0 Å². The molecule has 1 atom stereocenters. The van der Waals surface area contributed by atoms with E-state index in [0.29, 0.717) is 35.6 Å². The maximum absolute atomic E-state index is 13.6. The smallest absolute Gasteiger partial charge is 0.281 e. The maximum Gasteiger partial charge on any atom is 0.281 e. The zero-order valence-electron chi connectivity index (χ0n) is 20.0. The summed E-state index contributed by atoms with van der Waals surface area (Å²) in [6.45, 7) is 2.25. The number of nitrogens with zero attached hydrogens (tertiary/aromatic N) is 3. The van der Waals surface area contributed by atoms with Crippen molar-refractivity contribution < 1.29 is 23.5 Å². The van der Waals surface area contributed by atoms with Crippen LogP contribution in [0.1, 0.15) is 64.4 Å². The Morgan fingerprint density at radius 1 is 1.30 bits per heavy atom. The van der Waals surface area contributed by atoms with Gasteiger partial charge in [-0.3, -0.25) is 14.6 Å². The molecule has 1 unspecified atom stereocenters. The number of aromatic nitrogens is 2. The molecular weight excluding hydrogens is 522 g/mol. The van der Waals surface area contributed by atoms with E-state index in [2.05, 4.69) is 15.3 Å². The first-order valence-electron chi connectivity index (χ1n) is 12.0. The number of rotatable bonds is 6. The minimum absolute atomic E-state index is 0.113. The van der Waals surface area contributed by atoms with Gasteiger partial charge in [-0.15, -0.1) is 11.3 Å². The predicted octanol–water partition coefficient (Wildman–Crippen LogP) is 5.01. The molecule has 7 nitrogen and oxygen atoms in total. The molecule has 0 radical (unpaired) electrons. The zero-order chi connectivity index (χ0) is 26.3. The van der Waals surface area contributed by atoms with Gasteiger partial charge in [-0.2, -0.15) is 0 Å². The van der Waals surface area contributed by atoms with E-state index in [9.17, 15) is 23.5 Å². The summed E-state index contributed by atoms with van der Waals surface area (Å²) in [6.07, 6.45) is 0.922. The number of para-hydroxylation sites is 1. The highest BCUT2D eigenvalue weighted by Gasteiger charge is 2.53. The summed E-state index contributed by atoms with van der Waals surface area (Å²) in [5.41, 5.74) is -0.683.